The Kier molecular flexibility index (Phi) is 4.99. The smallest absolute Gasteiger partial charge is 0.0217 e. The molecule has 82 valence electrons. The molecule has 1 fully saturated rings. The molecule has 0 radical (unpaired) electrons. The fraction of sp³-hybridized carbons (Fsp3) is 0.818. The number of nitrogens with zero attached hydrogens (tertiary/aromatic N) is 2. The predicted octanol–water partition coefficient (Wildman–Crippen LogP) is 1.50. The van der Waals surface area contributed by atoms with E-state index in [0.717, 1.165) is 18.3 Å². The molecular formula is C11H22N2S. The number of thiol groups is 1. The molecule has 1 aliphatic heterocycles. The van der Waals surface area contributed by atoms with Crippen molar-refractivity contribution in [2.45, 2.75) is 18.9 Å². The van der Waals surface area contributed by atoms with Crippen LogP contribution in [0.1, 0.15) is 12.8 Å². The molecule has 1 unspecified atom stereocenters. The van der Waals surface area contributed by atoms with Crippen LogP contribution in [0.25, 0.3) is 0 Å². The second-order valence-corrected chi connectivity index (χ2v) is 4.72. The Morgan fingerprint density at radius 3 is 2.86 bits per heavy atom. The van der Waals surface area contributed by atoms with Gasteiger partial charge in [-0.3, -0.25) is 4.90 Å². The molecule has 0 aliphatic carbocycles. The van der Waals surface area contributed by atoms with Gasteiger partial charge in [-0.15, -0.1) is 0 Å². The van der Waals surface area contributed by atoms with E-state index in [1.54, 1.807) is 0 Å². The lowest BCUT2D eigenvalue weighted by Gasteiger charge is -2.36. The molecule has 1 atom stereocenters. The van der Waals surface area contributed by atoms with Gasteiger partial charge in [0.2, 0.25) is 0 Å². The normalized spacial score (nSPS) is 24.1. The van der Waals surface area contributed by atoms with Gasteiger partial charge >= 0.3 is 0 Å². The first-order valence-corrected chi connectivity index (χ1v) is 5.93. The van der Waals surface area contributed by atoms with Gasteiger partial charge in [-0.05, 0) is 33.5 Å². The van der Waals surface area contributed by atoms with Crippen molar-refractivity contribution in [1.82, 2.24) is 9.80 Å². The fourth-order valence-corrected chi connectivity index (χ4v) is 2.06. The van der Waals surface area contributed by atoms with Crippen molar-refractivity contribution in [3.63, 3.8) is 0 Å². The van der Waals surface area contributed by atoms with Crippen LogP contribution in [0.4, 0.5) is 0 Å². The minimum absolute atomic E-state index is 0.719. The number of likely N-dealkylation sites (tertiary alicyclic amines) is 1. The number of rotatable bonds is 4. The third kappa shape index (κ3) is 3.64. The van der Waals surface area contributed by atoms with Crippen LogP contribution >= 0.6 is 12.6 Å². The summed E-state index contributed by atoms with van der Waals surface area (Å²) in [6, 6.07) is 0.719. The van der Waals surface area contributed by atoms with E-state index in [9.17, 15) is 0 Å². The number of hydrogen-bond acceptors (Lipinski definition) is 3. The lowest BCUT2D eigenvalue weighted by atomic mass is 10.0. The summed E-state index contributed by atoms with van der Waals surface area (Å²) in [6.45, 7) is 7.43. The second-order valence-electron chi connectivity index (χ2n) is 4.40. The molecule has 14 heavy (non-hydrogen) atoms. The summed E-state index contributed by atoms with van der Waals surface area (Å²) in [5.41, 5.74) is 1.23. The van der Waals surface area contributed by atoms with Crippen LogP contribution in [0, 0.1) is 0 Å². The molecule has 1 heterocycles. The quantitative estimate of drug-likeness (QED) is 0.560. The lowest BCUT2D eigenvalue weighted by molar-refractivity contribution is 0.142. The van der Waals surface area contributed by atoms with Crippen molar-refractivity contribution in [3.05, 3.63) is 12.2 Å². The Labute approximate surface area is 93.4 Å². The van der Waals surface area contributed by atoms with E-state index in [-0.39, 0.29) is 0 Å². The Hall–Kier alpha value is 0.01000. The largest absolute Gasteiger partial charge is 0.305 e. The van der Waals surface area contributed by atoms with Gasteiger partial charge in [-0.2, -0.15) is 12.6 Å². The maximum absolute atomic E-state index is 4.24. The molecule has 1 rings (SSSR count). The van der Waals surface area contributed by atoms with Gasteiger partial charge in [0, 0.05) is 24.9 Å². The van der Waals surface area contributed by atoms with Crippen LogP contribution in [0.15, 0.2) is 12.2 Å². The third-order valence-corrected chi connectivity index (χ3v) is 3.33. The summed E-state index contributed by atoms with van der Waals surface area (Å²) in [6.07, 6.45) is 2.64. The van der Waals surface area contributed by atoms with E-state index < -0.39 is 0 Å². The second kappa shape index (κ2) is 5.79. The first-order chi connectivity index (χ1) is 6.63. The summed E-state index contributed by atoms with van der Waals surface area (Å²) in [5.74, 6) is 0.809. The van der Waals surface area contributed by atoms with E-state index >= 15 is 0 Å². The highest BCUT2D eigenvalue weighted by Gasteiger charge is 2.20. The molecule has 3 heteroatoms. The minimum atomic E-state index is 0.719. The molecule has 1 saturated heterocycles. The van der Waals surface area contributed by atoms with E-state index in [1.165, 1.54) is 31.5 Å². The highest BCUT2D eigenvalue weighted by Crippen LogP contribution is 2.14. The van der Waals surface area contributed by atoms with E-state index in [1.807, 2.05) is 0 Å². The van der Waals surface area contributed by atoms with Gasteiger partial charge in [-0.25, -0.2) is 0 Å². The monoisotopic (exact) mass is 214 g/mol. The van der Waals surface area contributed by atoms with Crippen LogP contribution in [0.2, 0.25) is 0 Å². The molecular weight excluding hydrogens is 192 g/mol. The van der Waals surface area contributed by atoms with Crippen LogP contribution < -0.4 is 0 Å². The Morgan fingerprint density at radius 1 is 1.57 bits per heavy atom. The first-order valence-electron chi connectivity index (χ1n) is 5.29. The zero-order valence-corrected chi connectivity index (χ0v) is 10.3. The topological polar surface area (TPSA) is 6.48 Å². The summed E-state index contributed by atoms with van der Waals surface area (Å²) in [5, 5.41) is 0. The molecule has 0 amide bonds. The molecule has 0 saturated carbocycles. The van der Waals surface area contributed by atoms with Crippen molar-refractivity contribution < 1.29 is 0 Å². The van der Waals surface area contributed by atoms with Crippen LogP contribution in [0.3, 0.4) is 0 Å². The Morgan fingerprint density at radius 2 is 2.29 bits per heavy atom. The first kappa shape index (κ1) is 12.1. The average Bonchev–Trinajstić information content (AvgIpc) is 2.18. The molecule has 0 N–H and O–H groups in total. The SMILES string of the molecule is C=C(CS)CN1CCCC(N(C)C)C1. The van der Waals surface area contributed by atoms with Gasteiger partial charge in [0.15, 0.2) is 0 Å². The maximum atomic E-state index is 4.24. The molecule has 0 bridgehead atoms. The minimum Gasteiger partial charge on any atom is -0.305 e. The van der Waals surface area contributed by atoms with E-state index in [4.69, 9.17) is 0 Å². The summed E-state index contributed by atoms with van der Waals surface area (Å²) in [7, 11) is 4.34. The zero-order chi connectivity index (χ0) is 10.6. The van der Waals surface area contributed by atoms with Crippen molar-refractivity contribution >= 4 is 12.6 Å². The molecule has 0 aromatic carbocycles. The highest BCUT2D eigenvalue weighted by molar-refractivity contribution is 7.80. The van der Waals surface area contributed by atoms with Gasteiger partial charge in [-0.1, -0.05) is 12.2 Å². The molecule has 0 aromatic heterocycles. The molecule has 2 nitrogen and oxygen atoms in total. The Bertz CT molecular complexity index is 192. The fourth-order valence-electron chi connectivity index (χ4n) is 1.96. The van der Waals surface area contributed by atoms with Crippen molar-refractivity contribution in [2.75, 3.05) is 39.5 Å². The number of hydrogen-bond donors (Lipinski definition) is 1. The van der Waals surface area contributed by atoms with E-state index in [2.05, 4.69) is 43.1 Å². The maximum Gasteiger partial charge on any atom is 0.0217 e. The summed E-state index contributed by atoms with van der Waals surface area (Å²) >= 11 is 4.24. The van der Waals surface area contributed by atoms with Gasteiger partial charge in [0.1, 0.15) is 0 Å². The zero-order valence-electron chi connectivity index (χ0n) is 9.37. The predicted molar refractivity (Wildman–Crippen MR) is 66.1 cm³/mol. The Balaban J connectivity index is 2.36. The molecule has 0 spiro atoms. The molecule has 1 aliphatic rings. The number of likely N-dealkylation sites (N-methyl/N-ethyl adjacent to an activating group) is 1. The van der Waals surface area contributed by atoms with Gasteiger partial charge in [0.05, 0.1) is 0 Å². The lowest BCUT2D eigenvalue weighted by Crippen LogP contribution is -2.45. The molecule has 0 aromatic rings. The summed E-state index contributed by atoms with van der Waals surface area (Å²) in [4.78, 5) is 4.82. The highest BCUT2D eigenvalue weighted by atomic mass is 32.1. The third-order valence-electron chi connectivity index (χ3n) is 2.88. The summed E-state index contributed by atoms with van der Waals surface area (Å²) < 4.78 is 0. The van der Waals surface area contributed by atoms with Crippen LogP contribution in [0.5, 0.6) is 0 Å². The average molecular weight is 214 g/mol. The van der Waals surface area contributed by atoms with Crippen LogP contribution in [-0.4, -0.2) is 55.3 Å². The van der Waals surface area contributed by atoms with Crippen molar-refractivity contribution in [2.24, 2.45) is 0 Å². The van der Waals surface area contributed by atoms with Crippen molar-refractivity contribution in [1.29, 1.82) is 0 Å². The van der Waals surface area contributed by atoms with Gasteiger partial charge in [0.25, 0.3) is 0 Å². The van der Waals surface area contributed by atoms with Gasteiger partial charge < -0.3 is 4.90 Å². The standard InChI is InChI=1S/C11H22N2S/c1-10(9-14)7-13-6-4-5-11(8-13)12(2)3/h11,14H,1,4-9H2,2-3H3. The number of piperidine rings is 1. The van der Waals surface area contributed by atoms with Crippen LogP contribution in [-0.2, 0) is 0 Å². The van der Waals surface area contributed by atoms with Crippen molar-refractivity contribution in [3.8, 4) is 0 Å². The van der Waals surface area contributed by atoms with E-state index in [0.29, 0.717) is 0 Å².